The minimum absolute atomic E-state index is 0.145. The van der Waals surface area contributed by atoms with Crippen molar-refractivity contribution >= 4 is 10.8 Å². The van der Waals surface area contributed by atoms with E-state index >= 15 is 0 Å². The number of hydrogen-bond donors (Lipinski definition) is 1. The lowest BCUT2D eigenvalue weighted by Crippen LogP contribution is -2.22. The van der Waals surface area contributed by atoms with E-state index in [0.717, 1.165) is 25.3 Å². The van der Waals surface area contributed by atoms with Gasteiger partial charge in [-0.1, -0.05) is 6.92 Å². The van der Waals surface area contributed by atoms with Gasteiger partial charge >= 0.3 is 0 Å². The molecule has 6 nitrogen and oxygen atoms in total. The molecule has 92 valence electrons. The quantitative estimate of drug-likeness (QED) is 0.738. The molecule has 2 unspecified atom stereocenters. The molecule has 0 aliphatic rings. The molecular weight excluding hydrogens is 226 g/mol. The maximum atomic E-state index is 10.9. The van der Waals surface area contributed by atoms with Gasteiger partial charge < -0.3 is 5.32 Å². The van der Waals surface area contributed by atoms with Gasteiger partial charge in [-0.25, -0.2) is 4.68 Å². The van der Waals surface area contributed by atoms with Gasteiger partial charge in [-0.2, -0.15) is 0 Å². The van der Waals surface area contributed by atoms with Crippen LogP contribution >= 0.6 is 0 Å². The second-order valence-electron chi connectivity index (χ2n) is 3.67. The van der Waals surface area contributed by atoms with Crippen LogP contribution in [0, 0.1) is 0 Å². The van der Waals surface area contributed by atoms with E-state index < -0.39 is 10.8 Å². The Morgan fingerprint density at radius 2 is 2.31 bits per heavy atom. The molecule has 0 radical (unpaired) electrons. The molecule has 1 heterocycles. The Labute approximate surface area is 98.3 Å². The molecular formula is C9H19N5OS. The van der Waals surface area contributed by atoms with E-state index in [1.54, 1.807) is 10.9 Å². The van der Waals surface area contributed by atoms with E-state index in [2.05, 4.69) is 20.8 Å². The van der Waals surface area contributed by atoms with Gasteiger partial charge in [0.2, 0.25) is 0 Å². The standard InChI is InChI=1S/C9H19N5OS/c1-4-10-8(2)9-11-12-13-14(9)6-5-7-16(3)15/h8,10H,4-7H2,1-3H3. The molecule has 0 saturated carbocycles. The van der Waals surface area contributed by atoms with Crippen LogP contribution in [0.1, 0.15) is 32.1 Å². The molecule has 7 heteroatoms. The summed E-state index contributed by atoms with van der Waals surface area (Å²) in [6, 6.07) is 0.145. The third-order valence-electron chi connectivity index (χ3n) is 2.26. The molecule has 1 N–H and O–H groups in total. The highest BCUT2D eigenvalue weighted by Gasteiger charge is 2.12. The number of nitrogens with one attached hydrogen (secondary N) is 1. The van der Waals surface area contributed by atoms with Crippen LogP contribution in [0.4, 0.5) is 0 Å². The van der Waals surface area contributed by atoms with Gasteiger partial charge in [0.15, 0.2) is 5.82 Å². The van der Waals surface area contributed by atoms with Gasteiger partial charge in [0.05, 0.1) is 6.04 Å². The molecule has 16 heavy (non-hydrogen) atoms. The molecule has 1 rings (SSSR count). The van der Waals surface area contributed by atoms with Crippen LogP contribution in [0.3, 0.4) is 0 Å². The van der Waals surface area contributed by atoms with Crippen LogP contribution in [-0.2, 0) is 17.3 Å². The molecule has 1 aromatic heterocycles. The first kappa shape index (κ1) is 13.2. The second-order valence-corrected chi connectivity index (χ2v) is 5.23. The van der Waals surface area contributed by atoms with E-state index in [1.807, 2.05) is 13.8 Å². The predicted molar refractivity (Wildman–Crippen MR) is 63.5 cm³/mol. The highest BCUT2D eigenvalue weighted by molar-refractivity contribution is 7.84. The molecule has 0 bridgehead atoms. The smallest absolute Gasteiger partial charge is 0.167 e. The normalized spacial score (nSPS) is 14.9. The summed E-state index contributed by atoms with van der Waals surface area (Å²) in [5, 5.41) is 14.9. The number of aryl methyl sites for hydroxylation is 1. The van der Waals surface area contributed by atoms with Gasteiger partial charge in [0, 0.05) is 29.4 Å². The van der Waals surface area contributed by atoms with Crippen LogP contribution in [-0.4, -0.2) is 43.0 Å². The van der Waals surface area contributed by atoms with Crippen molar-refractivity contribution in [2.24, 2.45) is 0 Å². The molecule has 0 aromatic carbocycles. The first-order valence-electron chi connectivity index (χ1n) is 5.44. The van der Waals surface area contributed by atoms with Crippen LogP contribution in [0.2, 0.25) is 0 Å². The second kappa shape index (κ2) is 6.70. The monoisotopic (exact) mass is 245 g/mol. The van der Waals surface area contributed by atoms with Crippen molar-refractivity contribution in [3.8, 4) is 0 Å². The Morgan fingerprint density at radius 3 is 2.94 bits per heavy atom. The number of rotatable bonds is 7. The van der Waals surface area contributed by atoms with Crippen molar-refractivity contribution in [1.29, 1.82) is 0 Å². The van der Waals surface area contributed by atoms with Gasteiger partial charge in [0.25, 0.3) is 0 Å². The van der Waals surface area contributed by atoms with Crippen molar-refractivity contribution in [3.05, 3.63) is 5.82 Å². The fraction of sp³-hybridized carbons (Fsp3) is 0.889. The SMILES string of the molecule is CCNC(C)c1nnnn1CCCS(C)=O. The number of tetrazole rings is 1. The minimum atomic E-state index is -0.745. The molecule has 2 atom stereocenters. The third-order valence-corrected chi connectivity index (χ3v) is 3.12. The van der Waals surface area contributed by atoms with Crippen molar-refractivity contribution in [3.63, 3.8) is 0 Å². The molecule has 1 aromatic rings. The Bertz CT molecular complexity index is 340. The van der Waals surface area contributed by atoms with Crippen LogP contribution in [0.5, 0.6) is 0 Å². The average molecular weight is 245 g/mol. The van der Waals surface area contributed by atoms with Crippen molar-refractivity contribution < 1.29 is 4.21 Å². The maximum absolute atomic E-state index is 10.9. The zero-order chi connectivity index (χ0) is 12.0. The van der Waals surface area contributed by atoms with Gasteiger partial charge in [-0.15, -0.1) is 5.10 Å². The van der Waals surface area contributed by atoms with Crippen LogP contribution < -0.4 is 5.32 Å². The summed E-state index contributed by atoms with van der Waals surface area (Å²) in [6.07, 6.45) is 2.54. The zero-order valence-electron chi connectivity index (χ0n) is 10.0. The van der Waals surface area contributed by atoms with E-state index in [0.29, 0.717) is 5.75 Å². The lowest BCUT2D eigenvalue weighted by atomic mass is 10.3. The van der Waals surface area contributed by atoms with E-state index in [9.17, 15) is 4.21 Å². The number of nitrogens with zero attached hydrogens (tertiary/aromatic N) is 4. The first-order chi connectivity index (χ1) is 7.65. The van der Waals surface area contributed by atoms with Gasteiger partial charge in [-0.3, -0.25) is 4.21 Å². The van der Waals surface area contributed by atoms with Gasteiger partial charge in [0.1, 0.15) is 0 Å². The van der Waals surface area contributed by atoms with Crippen LogP contribution in [0.25, 0.3) is 0 Å². The Kier molecular flexibility index (Phi) is 5.54. The summed E-state index contributed by atoms with van der Waals surface area (Å²) in [5.74, 6) is 1.53. The van der Waals surface area contributed by atoms with Crippen LogP contribution in [0.15, 0.2) is 0 Å². The lowest BCUT2D eigenvalue weighted by Gasteiger charge is -2.11. The summed E-state index contributed by atoms with van der Waals surface area (Å²) in [5.41, 5.74) is 0. The Hall–Kier alpha value is -0.820. The molecule has 0 aliphatic heterocycles. The summed E-state index contributed by atoms with van der Waals surface area (Å²) >= 11 is 0. The highest BCUT2D eigenvalue weighted by Crippen LogP contribution is 2.07. The maximum Gasteiger partial charge on any atom is 0.167 e. The topological polar surface area (TPSA) is 72.7 Å². The largest absolute Gasteiger partial charge is 0.308 e. The fourth-order valence-electron chi connectivity index (χ4n) is 1.50. The van der Waals surface area contributed by atoms with Crippen molar-refractivity contribution in [2.45, 2.75) is 32.9 Å². The summed E-state index contributed by atoms with van der Waals surface area (Å²) in [4.78, 5) is 0. The minimum Gasteiger partial charge on any atom is -0.308 e. The third kappa shape index (κ3) is 3.97. The van der Waals surface area contributed by atoms with Gasteiger partial charge in [-0.05, 0) is 30.3 Å². The first-order valence-corrected chi connectivity index (χ1v) is 7.17. The lowest BCUT2D eigenvalue weighted by molar-refractivity contribution is 0.492. The Morgan fingerprint density at radius 1 is 1.56 bits per heavy atom. The zero-order valence-corrected chi connectivity index (χ0v) is 10.8. The molecule has 0 spiro atoms. The van der Waals surface area contributed by atoms with E-state index in [-0.39, 0.29) is 6.04 Å². The fourth-order valence-corrected chi connectivity index (χ4v) is 2.03. The molecule has 0 amide bonds. The van der Waals surface area contributed by atoms with E-state index in [1.165, 1.54) is 0 Å². The highest BCUT2D eigenvalue weighted by atomic mass is 32.2. The average Bonchev–Trinajstić information content (AvgIpc) is 2.66. The van der Waals surface area contributed by atoms with Crippen molar-refractivity contribution in [1.82, 2.24) is 25.5 Å². The summed E-state index contributed by atoms with van der Waals surface area (Å²) in [6.45, 7) is 5.68. The molecule has 0 aliphatic carbocycles. The number of aromatic nitrogens is 4. The van der Waals surface area contributed by atoms with Crippen molar-refractivity contribution in [2.75, 3.05) is 18.6 Å². The summed E-state index contributed by atoms with van der Waals surface area (Å²) in [7, 11) is -0.745. The van der Waals surface area contributed by atoms with E-state index in [4.69, 9.17) is 0 Å². The number of hydrogen-bond acceptors (Lipinski definition) is 5. The Balaban J connectivity index is 2.53. The molecule has 0 saturated heterocycles. The molecule has 0 fully saturated rings. The predicted octanol–water partition coefficient (Wildman–Crippen LogP) is 0.112. The summed E-state index contributed by atoms with van der Waals surface area (Å²) < 4.78 is 12.7.